The number of fused-ring (bicyclic) bond motifs is 4. The molecule has 0 fully saturated rings. The first-order chi connectivity index (χ1) is 31.2. The molecule has 0 spiro atoms. The number of pyridine rings is 2. The van der Waals surface area contributed by atoms with Crippen LogP contribution in [0.4, 0.5) is 34.1 Å². The van der Waals surface area contributed by atoms with Gasteiger partial charge in [0.25, 0.3) is 0 Å². The third kappa shape index (κ3) is 8.67. The molecule has 8 aromatic rings. The van der Waals surface area contributed by atoms with E-state index in [1.807, 2.05) is 0 Å². The number of benzene rings is 6. The van der Waals surface area contributed by atoms with Crippen molar-refractivity contribution in [1.82, 2.24) is 9.97 Å². The van der Waals surface area contributed by atoms with E-state index in [-0.39, 0.29) is 10.8 Å². The molecule has 0 atom stereocenters. The van der Waals surface area contributed by atoms with Crippen molar-refractivity contribution in [2.45, 2.75) is 66.2 Å². The van der Waals surface area contributed by atoms with Gasteiger partial charge in [0, 0.05) is 30.9 Å². The molecule has 0 bridgehead atoms. The van der Waals surface area contributed by atoms with E-state index in [1.165, 1.54) is 67.3 Å². The van der Waals surface area contributed by atoms with Gasteiger partial charge in [-0.1, -0.05) is 144 Å². The Kier molecular flexibility index (Phi) is 13.2. The predicted octanol–water partition coefficient (Wildman–Crippen LogP) is 16.7. The average Bonchev–Trinajstić information content (AvgIpc) is 3.29. The fourth-order valence-electron chi connectivity index (χ4n) is 9.47. The molecular weight excluding hydrogens is 945 g/mol. The minimum atomic E-state index is -0.128. The van der Waals surface area contributed by atoms with Crippen molar-refractivity contribution in [3.8, 4) is 22.5 Å². The maximum atomic E-state index is 5.04. The normalized spacial score (nSPS) is 13.7. The standard InChI is InChI=1S/C28H24Br2N2.C28H26N2.BHNS/c1-17-7-5-6-8-21(17)24-11-14-25(18(2)31-24)32-26-12-9-19(29)15-22(26)28(3,4)23-16-20(30)10-13-27(23)32;1-19-11-5-6-12-21(19)24-17-18-25(20(2)29-24)30-26-15-9-7-13-22(26)28(3,4)23-14-8-10-16-27(23)30;1-2-3/h5-16H,1-4H3;5-18H,1-4H3;3H. The molecule has 0 aliphatic carbocycles. The van der Waals surface area contributed by atoms with Crippen molar-refractivity contribution in [1.29, 1.82) is 0 Å². The van der Waals surface area contributed by atoms with Crippen molar-refractivity contribution >= 4 is 86.4 Å². The molecule has 9 heteroatoms. The van der Waals surface area contributed by atoms with Crippen molar-refractivity contribution in [3.05, 3.63) is 211 Å². The Morgan fingerprint density at radius 2 is 0.769 bits per heavy atom. The second-order valence-corrected chi connectivity index (χ2v) is 19.7. The zero-order chi connectivity index (χ0) is 46.2. The first kappa shape index (κ1) is 45.9. The number of nitrogens with zero attached hydrogens (tertiary/aromatic N) is 5. The number of hydrogen-bond acceptors (Lipinski definition) is 6. The summed E-state index contributed by atoms with van der Waals surface area (Å²) in [6, 6.07) is 56.2. The van der Waals surface area contributed by atoms with Gasteiger partial charge in [-0.05, 0) is 134 Å². The van der Waals surface area contributed by atoms with Crippen LogP contribution in [-0.2, 0) is 10.8 Å². The van der Waals surface area contributed by atoms with E-state index < -0.39 is 0 Å². The Morgan fingerprint density at radius 3 is 1.15 bits per heavy atom. The van der Waals surface area contributed by atoms with Crippen LogP contribution in [-0.4, -0.2) is 17.6 Å². The van der Waals surface area contributed by atoms with E-state index in [4.69, 9.17) is 9.97 Å². The average molecular weight is 997 g/mol. The first-order valence-corrected chi connectivity index (χ1v) is 23.7. The number of halogens is 2. The summed E-state index contributed by atoms with van der Waals surface area (Å²) < 4.78 is 4.87. The number of hydrogen-bond donors (Lipinski definition) is 1. The Labute approximate surface area is 408 Å². The van der Waals surface area contributed by atoms with E-state index in [9.17, 15) is 0 Å². The van der Waals surface area contributed by atoms with Gasteiger partial charge >= 0.3 is 24.8 Å². The van der Waals surface area contributed by atoms with Gasteiger partial charge in [0.15, 0.2) is 0 Å². The number of para-hydroxylation sites is 2. The summed E-state index contributed by atoms with van der Waals surface area (Å²) in [6.45, 7) is 17.7. The summed E-state index contributed by atoms with van der Waals surface area (Å²) in [6.07, 6.45) is 0. The predicted molar refractivity (Wildman–Crippen MR) is 284 cm³/mol. The fourth-order valence-corrected chi connectivity index (χ4v) is 10.2. The van der Waals surface area contributed by atoms with Gasteiger partial charge in [0.2, 0.25) is 0 Å². The number of thiol groups is 1. The molecule has 10 rings (SSSR count). The van der Waals surface area contributed by atoms with Crippen LogP contribution >= 0.6 is 44.7 Å². The van der Waals surface area contributed by atoms with Crippen LogP contribution in [0.15, 0.2) is 171 Å². The van der Waals surface area contributed by atoms with Gasteiger partial charge in [-0.3, -0.25) is 9.97 Å². The SMILES string of the molecule is Cc1ccccc1-c1ccc(N2c3ccc(Br)cc3C(C)(C)c3cc(Br)ccc32)c(C)n1.Cc1ccccc1-c1ccc(N2c3ccccc3C(C)(C)c3ccccc32)c(C)n1.[B]=NS. The molecule has 1 radical (unpaired) electrons. The second-order valence-electron chi connectivity index (χ2n) is 17.6. The molecule has 0 unspecified atom stereocenters. The summed E-state index contributed by atoms with van der Waals surface area (Å²) in [5, 5.41) is 0. The number of aryl methyl sites for hydroxylation is 4. The van der Waals surface area contributed by atoms with E-state index in [0.717, 1.165) is 43.1 Å². The van der Waals surface area contributed by atoms with Crippen LogP contribution in [0.25, 0.3) is 22.5 Å². The Bertz CT molecular complexity index is 2990. The van der Waals surface area contributed by atoms with E-state index in [0.29, 0.717) is 0 Å². The summed E-state index contributed by atoms with van der Waals surface area (Å²) in [5.74, 6) is 0. The van der Waals surface area contributed by atoms with Gasteiger partial charge in [0.05, 0.1) is 56.9 Å². The van der Waals surface area contributed by atoms with E-state index >= 15 is 0 Å². The Morgan fingerprint density at radius 1 is 0.446 bits per heavy atom. The van der Waals surface area contributed by atoms with Gasteiger partial charge in [0.1, 0.15) is 0 Å². The molecule has 6 aromatic carbocycles. The summed E-state index contributed by atoms with van der Waals surface area (Å²) in [4.78, 5) is 14.8. The van der Waals surface area contributed by atoms with Crippen LogP contribution in [0.3, 0.4) is 0 Å². The number of aromatic nitrogens is 2. The van der Waals surface area contributed by atoms with Crippen LogP contribution in [0.1, 0.15) is 72.5 Å². The first-order valence-electron chi connectivity index (χ1n) is 21.7. The van der Waals surface area contributed by atoms with Crippen LogP contribution in [0.2, 0.25) is 0 Å². The molecule has 0 amide bonds. The fraction of sp³-hybridized carbons (Fsp3) is 0.179. The van der Waals surface area contributed by atoms with Crippen molar-refractivity contribution in [3.63, 3.8) is 0 Å². The molecule has 0 N–H and O–H groups in total. The monoisotopic (exact) mass is 994 g/mol. The van der Waals surface area contributed by atoms with Gasteiger partial charge in [-0.2, -0.15) is 0 Å². The van der Waals surface area contributed by atoms with Crippen molar-refractivity contribution in [2.75, 3.05) is 9.80 Å². The summed E-state index contributed by atoms with van der Waals surface area (Å²) in [5.41, 5.74) is 21.1. The minimum absolute atomic E-state index is 0.0495. The molecule has 0 saturated carbocycles. The Balaban J connectivity index is 0.000000168. The number of anilines is 6. The van der Waals surface area contributed by atoms with E-state index in [1.54, 1.807) is 0 Å². The molecule has 2 aliphatic rings. The molecular formula is C56H51BBr2N5S. The van der Waals surface area contributed by atoms with Crippen LogP contribution in [0, 0.1) is 27.7 Å². The zero-order valence-corrected chi connectivity index (χ0v) is 42.1. The Hall–Kier alpha value is -5.61. The van der Waals surface area contributed by atoms with Gasteiger partial charge in [-0.25, -0.2) is 0 Å². The molecule has 0 saturated heterocycles. The number of rotatable bonds is 4. The quantitative estimate of drug-likeness (QED) is 0.141. The molecule has 2 aliphatic heterocycles. The molecule has 65 heavy (non-hydrogen) atoms. The van der Waals surface area contributed by atoms with Gasteiger partial charge in [-0.15, -0.1) is 0 Å². The third-order valence-corrected chi connectivity index (χ3v) is 13.8. The molecule has 4 heterocycles. The summed E-state index contributed by atoms with van der Waals surface area (Å²) in [7, 11) is 4.34. The molecule has 323 valence electrons. The second kappa shape index (κ2) is 18.7. The molecule has 5 nitrogen and oxygen atoms in total. The van der Waals surface area contributed by atoms with Gasteiger partial charge < -0.3 is 9.80 Å². The van der Waals surface area contributed by atoms with Crippen molar-refractivity contribution in [2.24, 2.45) is 4.30 Å². The summed E-state index contributed by atoms with van der Waals surface area (Å²) >= 11 is 10.6. The van der Waals surface area contributed by atoms with E-state index in [2.05, 4.69) is 280 Å². The maximum absolute atomic E-state index is 5.04. The topological polar surface area (TPSA) is 44.6 Å². The van der Waals surface area contributed by atoms with Crippen LogP contribution < -0.4 is 9.80 Å². The van der Waals surface area contributed by atoms with Crippen LogP contribution in [0.5, 0.6) is 0 Å². The van der Waals surface area contributed by atoms with Crippen molar-refractivity contribution < 1.29 is 0 Å². The third-order valence-electron chi connectivity index (χ3n) is 12.8. The molecule has 2 aromatic heterocycles. The zero-order valence-electron chi connectivity index (χ0n) is 38.0.